The zero-order chi connectivity index (χ0) is 14.6. The van der Waals surface area contributed by atoms with E-state index in [-0.39, 0.29) is 23.8 Å². The van der Waals surface area contributed by atoms with Crippen LogP contribution in [0.5, 0.6) is 0 Å². The summed E-state index contributed by atoms with van der Waals surface area (Å²) in [4.78, 5) is 14.4. The average Bonchev–Trinajstić information content (AvgIpc) is 2.54. The van der Waals surface area contributed by atoms with Crippen LogP contribution in [0.3, 0.4) is 0 Å². The Labute approximate surface area is 121 Å². The number of carbonyl (C=O) groups is 1. The van der Waals surface area contributed by atoms with Crippen LogP contribution in [-0.4, -0.2) is 35.6 Å². The van der Waals surface area contributed by atoms with E-state index in [0.717, 1.165) is 31.4 Å². The Hall–Kier alpha value is -1.35. The van der Waals surface area contributed by atoms with Crippen molar-refractivity contribution in [2.45, 2.75) is 38.5 Å². The van der Waals surface area contributed by atoms with Gasteiger partial charge in [-0.05, 0) is 24.8 Å². The molecule has 0 radical (unpaired) electrons. The Morgan fingerprint density at radius 2 is 2.10 bits per heavy atom. The van der Waals surface area contributed by atoms with Gasteiger partial charge in [-0.25, -0.2) is 0 Å². The maximum Gasteiger partial charge on any atom is 0.225 e. The summed E-state index contributed by atoms with van der Waals surface area (Å²) in [7, 11) is 0. The van der Waals surface area contributed by atoms with Crippen LogP contribution in [-0.2, 0) is 10.2 Å². The highest BCUT2D eigenvalue weighted by Gasteiger charge is 2.38. The second-order valence-corrected chi connectivity index (χ2v) is 5.98. The summed E-state index contributed by atoms with van der Waals surface area (Å²) in [5.74, 6) is 0.293. The maximum absolute atomic E-state index is 12.4. The van der Waals surface area contributed by atoms with Crippen LogP contribution < -0.4 is 0 Å². The van der Waals surface area contributed by atoms with Crippen LogP contribution in [0, 0.1) is 5.92 Å². The highest BCUT2D eigenvalue weighted by Crippen LogP contribution is 2.34. The minimum Gasteiger partial charge on any atom is -0.395 e. The minimum atomic E-state index is -0.289. The van der Waals surface area contributed by atoms with Gasteiger partial charge in [0.1, 0.15) is 0 Å². The molecule has 3 nitrogen and oxygen atoms in total. The van der Waals surface area contributed by atoms with Crippen molar-refractivity contribution in [2.75, 3.05) is 19.7 Å². The maximum atomic E-state index is 12.4. The van der Waals surface area contributed by atoms with E-state index in [9.17, 15) is 9.90 Å². The second-order valence-electron chi connectivity index (χ2n) is 5.98. The number of carbonyl (C=O) groups excluding carboxylic acids is 1. The predicted octanol–water partition coefficient (Wildman–Crippen LogP) is 2.59. The largest absolute Gasteiger partial charge is 0.395 e. The smallest absolute Gasteiger partial charge is 0.225 e. The summed E-state index contributed by atoms with van der Waals surface area (Å²) in [5, 5.41) is 9.95. The molecule has 0 bridgehead atoms. The van der Waals surface area contributed by atoms with Crippen LogP contribution in [0.25, 0.3) is 0 Å². The van der Waals surface area contributed by atoms with E-state index >= 15 is 0 Å². The molecule has 2 atom stereocenters. The van der Waals surface area contributed by atoms with Gasteiger partial charge < -0.3 is 10.0 Å². The van der Waals surface area contributed by atoms with Gasteiger partial charge in [-0.3, -0.25) is 4.79 Å². The van der Waals surface area contributed by atoms with Crippen molar-refractivity contribution in [2.24, 2.45) is 5.92 Å². The molecule has 0 unspecified atom stereocenters. The molecule has 1 N–H and O–H groups in total. The van der Waals surface area contributed by atoms with Gasteiger partial charge in [0.25, 0.3) is 0 Å². The third-order valence-electron chi connectivity index (χ3n) is 4.61. The molecule has 2 rings (SSSR count). The average molecular weight is 275 g/mol. The highest BCUT2D eigenvalue weighted by molar-refractivity contribution is 5.78. The van der Waals surface area contributed by atoms with Gasteiger partial charge in [0, 0.05) is 24.4 Å². The lowest BCUT2D eigenvalue weighted by Crippen LogP contribution is -2.51. The molecule has 1 amide bonds. The fourth-order valence-corrected chi connectivity index (χ4v) is 3.05. The molecule has 1 aromatic rings. The van der Waals surface area contributed by atoms with Crippen LogP contribution in [0.1, 0.15) is 38.7 Å². The van der Waals surface area contributed by atoms with Gasteiger partial charge in [0.2, 0.25) is 5.91 Å². The summed E-state index contributed by atoms with van der Waals surface area (Å²) in [5.41, 5.74) is 0.854. The first-order chi connectivity index (χ1) is 9.63. The van der Waals surface area contributed by atoms with Gasteiger partial charge in [0.15, 0.2) is 0 Å². The number of benzene rings is 1. The molecule has 0 aliphatic carbocycles. The normalized spacial score (nSPS) is 24.4. The number of amides is 1. The first kappa shape index (κ1) is 15.0. The lowest BCUT2D eigenvalue weighted by molar-refractivity contribution is -0.137. The Morgan fingerprint density at radius 3 is 2.70 bits per heavy atom. The molecule has 1 saturated heterocycles. The van der Waals surface area contributed by atoms with Gasteiger partial charge in [-0.15, -0.1) is 0 Å². The number of likely N-dealkylation sites (tertiary alicyclic amines) is 1. The topological polar surface area (TPSA) is 40.5 Å². The van der Waals surface area contributed by atoms with E-state index in [2.05, 4.69) is 12.1 Å². The fraction of sp³-hybridized carbons (Fsp3) is 0.588. The van der Waals surface area contributed by atoms with E-state index in [1.165, 1.54) is 0 Å². The van der Waals surface area contributed by atoms with Gasteiger partial charge in [-0.2, -0.15) is 0 Å². The van der Waals surface area contributed by atoms with Crippen molar-refractivity contribution in [3.05, 3.63) is 35.9 Å². The number of aliphatic hydroxyl groups is 1. The van der Waals surface area contributed by atoms with Crippen molar-refractivity contribution in [1.82, 2.24) is 4.90 Å². The van der Waals surface area contributed by atoms with E-state index < -0.39 is 0 Å². The molecule has 110 valence electrons. The zero-order valence-corrected chi connectivity index (χ0v) is 12.5. The molecule has 1 fully saturated rings. The quantitative estimate of drug-likeness (QED) is 0.917. The van der Waals surface area contributed by atoms with Crippen molar-refractivity contribution in [3.63, 3.8) is 0 Å². The summed E-state index contributed by atoms with van der Waals surface area (Å²) in [6.45, 7) is 5.58. The van der Waals surface area contributed by atoms with Crippen LogP contribution in [0.15, 0.2) is 30.3 Å². The third kappa shape index (κ3) is 2.88. The molecule has 0 aromatic heterocycles. The van der Waals surface area contributed by atoms with Crippen LogP contribution in [0.4, 0.5) is 0 Å². The molecule has 1 heterocycles. The molecular formula is C17H25NO2. The lowest BCUT2D eigenvalue weighted by atomic mass is 9.74. The number of hydrogen-bond donors (Lipinski definition) is 1. The minimum absolute atomic E-state index is 0.0697. The Bertz CT molecular complexity index is 446. The molecule has 3 heteroatoms. The molecule has 20 heavy (non-hydrogen) atoms. The molecular weight excluding hydrogens is 250 g/mol. The zero-order valence-electron chi connectivity index (χ0n) is 12.5. The summed E-state index contributed by atoms with van der Waals surface area (Å²) in [6, 6.07) is 10.1. The Balaban J connectivity index is 2.21. The molecule has 0 spiro atoms. The summed E-state index contributed by atoms with van der Waals surface area (Å²) in [6.07, 6.45) is 2.77. The molecule has 1 aromatic carbocycles. The van der Waals surface area contributed by atoms with Gasteiger partial charge in [-0.1, -0.05) is 44.2 Å². The van der Waals surface area contributed by atoms with E-state index in [1.54, 1.807) is 0 Å². The standard InChI is InChI=1S/C17H25NO2/c1-3-14(2)16(20)18-11-7-10-17(12-18,13-19)15-8-5-4-6-9-15/h4-6,8-9,14,19H,3,7,10-13H2,1-2H3/t14-,17-/m0/s1. The van der Waals surface area contributed by atoms with E-state index in [0.29, 0.717) is 6.54 Å². The summed E-state index contributed by atoms with van der Waals surface area (Å²) < 4.78 is 0. The number of piperidine rings is 1. The van der Waals surface area contributed by atoms with Crippen molar-refractivity contribution < 1.29 is 9.90 Å². The van der Waals surface area contributed by atoms with Crippen molar-refractivity contribution in [3.8, 4) is 0 Å². The summed E-state index contributed by atoms with van der Waals surface area (Å²) >= 11 is 0. The predicted molar refractivity (Wildman–Crippen MR) is 80.5 cm³/mol. The number of aliphatic hydroxyl groups excluding tert-OH is 1. The van der Waals surface area contributed by atoms with Gasteiger partial charge in [0.05, 0.1) is 6.61 Å². The molecule has 1 aliphatic heterocycles. The van der Waals surface area contributed by atoms with Crippen LogP contribution in [0.2, 0.25) is 0 Å². The van der Waals surface area contributed by atoms with E-state index in [4.69, 9.17) is 0 Å². The monoisotopic (exact) mass is 275 g/mol. The first-order valence-electron chi connectivity index (χ1n) is 7.58. The number of hydrogen-bond acceptors (Lipinski definition) is 2. The number of rotatable bonds is 4. The van der Waals surface area contributed by atoms with E-state index in [1.807, 2.05) is 36.9 Å². The van der Waals surface area contributed by atoms with Gasteiger partial charge >= 0.3 is 0 Å². The Morgan fingerprint density at radius 1 is 1.40 bits per heavy atom. The molecule has 0 saturated carbocycles. The second kappa shape index (κ2) is 6.40. The SMILES string of the molecule is CC[C@H](C)C(=O)N1CCC[C@](CO)(c2ccccc2)C1. The van der Waals surface area contributed by atoms with Crippen LogP contribution >= 0.6 is 0 Å². The van der Waals surface area contributed by atoms with Crippen molar-refractivity contribution >= 4 is 5.91 Å². The van der Waals surface area contributed by atoms with Crippen molar-refractivity contribution in [1.29, 1.82) is 0 Å². The lowest BCUT2D eigenvalue weighted by Gasteiger charge is -2.43. The third-order valence-corrected chi connectivity index (χ3v) is 4.61. The molecule has 1 aliphatic rings. The highest BCUT2D eigenvalue weighted by atomic mass is 16.3. The first-order valence-corrected chi connectivity index (χ1v) is 7.58. The Kier molecular flexibility index (Phi) is 4.81. The fourth-order valence-electron chi connectivity index (χ4n) is 3.05. The number of nitrogens with zero attached hydrogens (tertiary/aromatic N) is 1.